The minimum absolute atomic E-state index is 0.247. The molecule has 0 aromatic carbocycles. The minimum atomic E-state index is -0.542. The van der Waals surface area contributed by atoms with Crippen LogP contribution in [0.15, 0.2) is 0 Å². The SMILES string of the molecule is CCCCCC(C)(C)C(=O)OC(=O)CC. The van der Waals surface area contributed by atoms with E-state index in [-0.39, 0.29) is 6.42 Å². The van der Waals surface area contributed by atoms with Gasteiger partial charge in [-0.3, -0.25) is 9.59 Å². The number of esters is 2. The number of hydrogen-bond donors (Lipinski definition) is 0. The van der Waals surface area contributed by atoms with Gasteiger partial charge < -0.3 is 4.74 Å². The van der Waals surface area contributed by atoms with Crippen molar-refractivity contribution in [1.82, 2.24) is 0 Å². The monoisotopic (exact) mass is 214 g/mol. The molecule has 0 spiro atoms. The molecule has 15 heavy (non-hydrogen) atoms. The van der Waals surface area contributed by atoms with Crippen molar-refractivity contribution in [3.8, 4) is 0 Å². The standard InChI is InChI=1S/C12H22O3/c1-5-7-8-9-12(3,4)11(14)15-10(13)6-2/h5-9H2,1-4H3. The van der Waals surface area contributed by atoms with Gasteiger partial charge in [-0.25, -0.2) is 0 Å². The summed E-state index contributed by atoms with van der Waals surface area (Å²) in [4.78, 5) is 22.5. The maximum absolute atomic E-state index is 11.6. The van der Waals surface area contributed by atoms with Gasteiger partial charge in [0, 0.05) is 6.42 Å². The molecule has 0 amide bonds. The van der Waals surface area contributed by atoms with E-state index >= 15 is 0 Å². The van der Waals surface area contributed by atoms with Crippen molar-refractivity contribution < 1.29 is 14.3 Å². The molecule has 0 unspecified atom stereocenters. The minimum Gasteiger partial charge on any atom is -0.393 e. The van der Waals surface area contributed by atoms with Crippen LogP contribution in [-0.4, -0.2) is 11.9 Å². The van der Waals surface area contributed by atoms with Gasteiger partial charge in [0.05, 0.1) is 5.41 Å². The lowest BCUT2D eigenvalue weighted by molar-refractivity contribution is -0.166. The number of carbonyl (C=O) groups is 2. The van der Waals surface area contributed by atoms with Gasteiger partial charge in [-0.1, -0.05) is 33.1 Å². The average molecular weight is 214 g/mol. The van der Waals surface area contributed by atoms with Gasteiger partial charge >= 0.3 is 11.9 Å². The van der Waals surface area contributed by atoms with Crippen LogP contribution in [0.2, 0.25) is 0 Å². The Labute approximate surface area is 92.2 Å². The van der Waals surface area contributed by atoms with Gasteiger partial charge in [-0.2, -0.15) is 0 Å². The van der Waals surface area contributed by atoms with Gasteiger partial charge in [0.15, 0.2) is 0 Å². The summed E-state index contributed by atoms with van der Waals surface area (Å²) in [5.74, 6) is -0.839. The summed E-state index contributed by atoms with van der Waals surface area (Å²) in [7, 11) is 0. The fourth-order valence-electron chi connectivity index (χ4n) is 1.23. The van der Waals surface area contributed by atoms with E-state index in [1.807, 2.05) is 13.8 Å². The van der Waals surface area contributed by atoms with E-state index in [4.69, 9.17) is 4.74 Å². The van der Waals surface area contributed by atoms with E-state index in [1.165, 1.54) is 0 Å². The number of ether oxygens (including phenoxy) is 1. The highest BCUT2D eigenvalue weighted by atomic mass is 16.6. The molecule has 0 aliphatic heterocycles. The Morgan fingerprint density at radius 2 is 1.73 bits per heavy atom. The summed E-state index contributed by atoms with van der Waals surface area (Å²) in [5.41, 5.74) is -0.542. The second kappa shape index (κ2) is 6.59. The molecule has 0 rings (SSSR count). The molecule has 0 heterocycles. The van der Waals surface area contributed by atoms with E-state index < -0.39 is 17.4 Å². The number of hydrogen-bond acceptors (Lipinski definition) is 3. The summed E-state index contributed by atoms with van der Waals surface area (Å²) >= 11 is 0. The normalized spacial score (nSPS) is 11.2. The number of carbonyl (C=O) groups excluding carboxylic acids is 2. The molecule has 0 aliphatic carbocycles. The van der Waals surface area contributed by atoms with Crippen molar-refractivity contribution in [1.29, 1.82) is 0 Å². The second-order valence-electron chi connectivity index (χ2n) is 4.46. The third kappa shape index (κ3) is 5.55. The first-order chi connectivity index (χ1) is 6.94. The van der Waals surface area contributed by atoms with Crippen molar-refractivity contribution in [2.24, 2.45) is 5.41 Å². The van der Waals surface area contributed by atoms with Crippen LogP contribution in [0.25, 0.3) is 0 Å². The molecule has 0 N–H and O–H groups in total. The van der Waals surface area contributed by atoms with Crippen LogP contribution in [0.5, 0.6) is 0 Å². The zero-order valence-corrected chi connectivity index (χ0v) is 10.3. The molecule has 0 aliphatic rings. The summed E-state index contributed by atoms with van der Waals surface area (Å²) in [6, 6.07) is 0. The molecular formula is C12H22O3. The molecule has 0 aromatic rings. The topological polar surface area (TPSA) is 43.4 Å². The summed E-state index contributed by atoms with van der Waals surface area (Å²) < 4.78 is 4.72. The van der Waals surface area contributed by atoms with Gasteiger partial charge in [0.2, 0.25) is 0 Å². The van der Waals surface area contributed by atoms with Crippen LogP contribution in [0.3, 0.4) is 0 Å². The highest BCUT2D eigenvalue weighted by molar-refractivity contribution is 5.88. The Hall–Kier alpha value is -0.860. The van der Waals surface area contributed by atoms with Gasteiger partial charge in [-0.15, -0.1) is 0 Å². The molecule has 0 bridgehead atoms. The van der Waals surface area contributed by atoms with Crippen LogP contribution in [0.4, 0.5) is 0 Å². The summed E-state index contributed by atoms with van der Waals surface area (Å²) in [6.07, 6.45) is 4.25. The Morgan fingerprint density at radius 3 is 2.20 bits per heavy atom. The van der Waals surface area contributed by atoms with Crippen LogP contribution in [0.1, 0.15) is 59.8 Å². The Kier molecular flexibility index (Phi) is 6.21. The summed E-state index contributed by atoms with van der Waals surface area (Å²) in [6.45, 7) is 7.45. The van der Waals surface area contributed by atoms with Crippen molar-refractivity contribution in [3.05, 3.63) is 0 Å². The van der Waals surface area contributed by atoms with E-state index in [2.05, 4.69) is 6.92 Å². The summed E-state index contributed by atoms with van der Waals surface area (Å²) in [5, 5.41) is 0. The average Bonchev–Trinajstić information content (AvgIpc) is 2.17. The van der Waals surface area contributed by atoms with Gasteiger partial charge in [0.1, 0.15) is 0 Å². The second-order valence-corrected chi connectivity index (χ2v) is 4.46. The lowest BCUT2D eigenvalue weighted by atomic mass is 9.87. The van der Waals surface area contributed by atoms with Crippen molar-refractivity contribution in [3.63, 3.8) is 0 Å². The molecule has 0 radical (unpaired) electrons. The number of unbranched alkanes of at least 4 members (excludes halogenated alkanes) is 2. The van der Waals surface area contributed by atoms with Crippen LogP contribution in [0, 0.1) is 5.41 Å². The lowest BCUT2D eigenvalue weighted by Crippen LogP contribution is -2.28. The van der Waals surface area contributed by atoms with Crippen LogP contribution >= 0.6 is 0 Å². The molecule has 0 fully saturated rings. The fourth-order valence-corrected chi connectivity index (χ4v) is 1.23. The molecule has 0 saturated carbocycles. The molecular weight excluding hydrogens is 192 g/mol. The smallest absolute Gasteiger partial charge is 0.319 e. The van der Waals surface area contributed by atoms with E-state index in [9.17, 15) is 9.59 Å². The van der Waals surface area contributed by atoms with Crippen LogP contribution in [-0.2, 0) is 14.3 Å². The third-order valence-corrected chi connectivity index (χ3v) is 2.45. The molecule has 3 nitrogen and oxygen atoms in total. The first-order valence-electron chi connectivity index (χ1n) is 5.69. The van der Waals surface area contributed by atoms with Crippen molar-refractivity contribution in [2.45, 2.75) is 59.8 Å². The van der Waals surface area contributed by atoms with E-state index in [1.54, 1.807) is 6.92 Å². The zero-order chi connectivity index (χ0) is 11.9. The quantitative estimate of drug-likeness (QED) is 0.387. The Bertz CT molecular complexity index is 219. The lowest BCUT2D eigenvalue weighted by Gasteiger charge is -2.21. The van der Waals surface area contributed by atoms with Crippen molar-refractivity contribution >= 4 is 11.9 Å². The molecule has 0 atom stereocenters. The van der Waals surface area contributed by atoms with E-state index in [0.29, 0.717) is 0 Å². The van der Waals surface area contributed by atoms with Gasteiger partial charge in [-0.05, 0) is 20.3 Å². The van der Waals surface area contributed by atoms with Crippen molar-refractivity contribution in [2.75, 3.05) is 0 Å². The van der Waals surface area contributed by atoms with E-state index in [0.717, 1.165) is 25.7 Å². The Morgan fingerprint density at radius 1 is 1.13 bits per heavy atom. The first kappa shape index (κ1) is 14.1. The highest BCUT2D eigenvalue weighted by Gasteiger charge is 2.30. The third-order valence-electron chi connectivity index (χ3n) is 2.45. The fraction of sp³-hybridized carbons (Fsp3) is 0.833. The molecule has 0 saturated heterocycles. The largest absolute Gasteiger partial charge is 0.393 e. The predicted octanol–water partition coefficient (Wildman–Crippen LogP) is 3.07. The van der Waals surface area contributed by atoms with Gasteiger partial charge in [0.25, 0.3) is 0 Å². The first-order valence-corrected chi connectivity index (χ1v) is 5.69. The zero-order valence-electron chi connectivity index (χ0n) is 10.3. The molecule has 0 aromatic heterocycles. The van der Waals surface area contributed by atoms with Crippen LogP contribution < -0.4 is 0 Å². The highest BCUT2D eigenvalue weighted by Crippen LogP contribution is 2.25. The predicted molar refractivity (Wildman–Crippen MR) is 59.3 cm³/mol. The maximum Gasteiger partial charge on any atom is 0.319 e. The Balaban J connectivity index is 4.07. The molecule has 3 heteroatoms. The number of rotatable bonds is 6. The maximum atomic E-state index is 11.6. The molecule has 88 valence electrons.